The summed E-state index contributed by atoms with van der Waals surface area (Å²) in [5.41, 5.74) is 0. The number of carboxylic acids is 1. The fourth-order valence-corrected chi connectivity index (χ4v) is 0.223. The zero-order chi connectivity index (χ0) is 9.28. The smallest absolute Gasteiger partial charge is 0.652 e. The normalized spacial score (nSPS) is 6.07. The SMILES string of the molecule is O=C([O-])CCCO.O=C([O-])[O-].[Li+].[Li+].[Li+]. The quantitative estimate of drug-likeness (QED) is 0.434. The third-order valence-electron chi connectivity index (χ3n) is 0.539. The van der Waals surface area contributed by atoms with Crippen LogP contribution in [0.2, 0.25) is 0 Å². The molecule has 0 aliphatic heterocycles. The van der Waals surface area contributed by atoms with Crippen molar-refractivity contribution in [3.05, 3.63) is 0 Å². The van der Waals surface area contributed by atoms with Gasteiger partial charge in [0.05, 0.1) is 0 Å². The van der Waals surface area contributed by atoms with E-state index in [2.05, 4.69) is 0 Å². The Morgan fingerprint density at radius 2 is 1.29 bits per heavy atom. The van der Waals surface area contributed by atoms with Crippen LogP contribution in [0, 0.1) is 0 Å². The summed E-state index contributed by atoms with van der Waals surface area (Å²) < 4.78 is 0. The molecule has 0 saturated heterocycles. The second kappa shape index (κ2) is 23.4. The molecule has 1 N–H and O–H groups in total. The average Bonchev–Trinajstić information content (AvgIpc) is 1.82. The molecular weight excluding hydrogens is 177 g/mol. The van der Waals surface area contributed by atoms with Crippen molar-refractivity contribution in [3.8, 4) is 0 Å². The Balaban J connectivity index is -0.0000000347. The predicted octanol–water partition coefficient (Wildman–Crippen LogP) is -12.9. The first-order valence-corrected chi connectivity index (χ1v) is 2.69. The molecule has 0 fully saturated rings. The number of aliphatic hydroxyl groups is 1. The second-order valence-electron chi connectivity index (χ2n) is 1.45. The summed E-state index contributed by atoms with van der Waals surface area (Å²) in [6.07, 6.45) is -2.08. The van der Waals surface area contributed by atoms with Crippen molar-refractivity contribution >= 4 is 12.1 Å². The van der Waals surface area contributed by atoms with Gasteiger partial charge in [-0.2, -0.15) is 0 Å². The van der Waals surface area contributed by atoms with Crippen LogP contribution >= 0.6 is 0 Å². The number of rotatable bonds is 3. The largest absolute Gasteiger partial charge is 1.00 e. The van der Waals surface area contributed by atoms with Crippen molar-refractivity contribution in [1.29, 1.82) is 0 Å². The Morgan fingerprint density at radius 3 is 1.36 bits per heavy atom. The molecule has 0 aromatic carbocycles. The topological polar surface area (TPSA) is 124 Å². The van der Waals surface area contributed by atoms with Crippen LogP contribution in [0.1, 0.15) is 12.8 Å². The molecule has 0 amide bonds. The first-order valence-electron chi connectivity index (χ1n) is 2.69. The summed E-state index contributed by atoms with van der Waals surface area (Å²) in [5.74, 6) is -1.10. The van der Waals surface area contributed by atoms with Crippen LogP contribution in [-0.4, -0.2) is 23.8 Å². The van der Waals surface area contributed by atoms with E-state index in [1.807, 2.05) is 0 Å². The molecule has 0 spiro atoms. The van der Waals surface area contributed by atoms with Crippen LogP contribution in [0.3, 0.4) is 0 Å². The second-order valence-corrected chi connectivity index (χ2v) is 1.45. The van der Waals surface area contributed by atoms with Gasteiger partial charge in [-0.25, -0.2) is 0 Å². The van der Waals surface area contributed by atoms with Crippen molar-refractivity contribution < 1.29 is 86.6 Å². The summed E-state index contributed by atoms with van der Waals surface area (Å²) in [6, 6.07) is 0. The van der Waals surface area contributed by atoms with E-state index >= 15 is 0 Å². The molecule has 0 radical (unpaired) electrons. The van der Waals surface area contributed by atoms with Crippen molar-refractivity contribution in [1.82, 2.24) is 0 Å². The van der Waals surface area contributed by atoms with Gasteiger partial charge in [-0.15, -0.1) is 0 Å². The van der Waals surface area contributed by atoms with Crippen molar-refractivity contribution in [2.75, 3.05) is 6.61 Å². The van der Waals surface area contributed by atoms with Gasteiger partial charge in [-0.1, -0.05) is 0 Å². The molecule has 9 heteroatoms. The van der Waals surface area contributed by atoms with Gasteiger partial charge < -0.3 is 30.0 Å². The van der Waals surface area contributed by atoms with Crippen LogP contribution in [0.25, 0.3) is 0 Å². The summed E-state index contributed by atoms with van der Waals surface area (Å²) >= 11 is 0. The van der Waals surface area contributed by atoms with Crippen LogP contribution < -0.4 is 71.9 Å². The summed E-state index contributed by atoms with van der Waals surface area (Å²) in [4.78, 5) is 17.9. The Bertz CT molecular complexity index is 127. The van der Waals surface area contributed by atoms with Gasteiger partial charge in [-0.3, -0.25) is 0 Å². The zero-order valence-electron chi connectivity index (χ0n) is 8.61. The number of carboxylic acid groups (broad SMARTS) is 3. The fraction of sp³-hybridized carbons (Fsp3) is 0.600. The maximum absolute atomic E-state index is 9.54. The maximum atomic E-state index is 9.54. The minimum Gasteiger partial charge on any atom is -0.652 e. The van der Waals surface area contributed by atoms with Crippen molar-refractivity contribution in [3.63, 3.8) is 0 Å². The molecular formula is C5H7Li3O6. The predicted molar refractivity (Wildman–Crippen MR) is 26.7 cm³/mol. The maximum Gasteiger partial charge on any atom is 1.00 e. The molecule has 0 aliphatic carbocycles. The zero-order valence-corrected chi connectivity index (χ0v) is 8.61. The van der Waals surface area contributed by atoms with Gasteiger partial charge in [0.2, 0.25) is 0 Å². The molecule has 0 saturated carbocycles. The molecule has 0 atom stereocenters. The first-order chi connectivity index (χ1) is 5.00. The molecule has 0 aromatic rings. The van der Waals surface area contributed by atoms with Gasteiger partial charge in [0.15, 0.2) is 0 Å². The molecule has 0 aliphatic rings. The number of aliphatic carboxylic acids is 1. The standard InChI is InChI=1S/C4H8O3.CH2O3.3Li/c5-3-1-2-4(6)7;2-1(3)4;;;/h5H,1-3H2,(H,6,7);(H2,2,3,4);;;/q;;3*+1/p-3. The third-order valence-corrected chi connectivity index (χ3v) is 0.539. The van der Waals surface area contributed by atoms with E-state index in [4.69, 9.17) is 20.1 Å². The van der Waals surface area contributed by atoms with Crippen molar-refractivity contribution in [2.24, 2.45) is 0 Å². The van der Waals surface area contributed by atoms with Crippen LogP contribution in [0.4, 0.5) is 4.79 Å². The van der Waals surface area contributed by atoms with E-state index < -0.39 is 12.1 Å². The summed E-state index contributed by atoms with van der Waals surface area (Å²) in [7, 11) is 0. The van der Waals surface area contributed by atoms with E-state index in [-0.39, 0.29) is 69.6 Å². The van der Waals surface area contributed by atoms with Gasteiger partial charge in [-0.05, 0) is 19.0 Å². The van der Waals surface area contributed by atoms with Crippen LogP contribution in [0.5, 0.6) is 0 Å². The monoisotopic (exact) mass is 184 g/mol. The van der Waals surface area contributed by atoms with Gasteiger partial charge in [0, 0.05) is 12.6 Å². The molecule has 6 nitrogen and oxygen atoms in total. The van der Waals surface area contributed by atoms with E-state index in [0.717, 1.165) is 0 Å². The molecule has 66 valence electrons. The van der Waals surface area contributed by atoms with Crippen LogP contribution in [-0.2, 0) is 4.79 Å². The number of hydrogen-bond donors (Lipinski definition) is 1. The Hall–Kier alpha value is 0.492. The van der Waals surface area contributed by atoms with E-state index in [1.165, 1.54) is 0 Å². The first kappa shape index (κ1) is 29.3. The molecule has 0 heterocycles. The van der Waals surface area contributed by atoms with E-state index in [1.54, 1.807) is 0 Å². The summed E-state index contributed by atoms with van der Waals surface area (Å²) in [5, 5.41) is 34.2. The number of aliphatic hydroxyl groups excluding tert-OH is 1. The molecule has 0 bridgehead atoms. The number of carbonyl (C=O) groups is 2. The molecule has 14 heavy (non-hydrogen) atoms. The molecule has 0 rings (SSSR count). The Morgan fingerprint density at radius 1 is 1.00 bits per heavy atom. The van der Waals surface area contributed by atoms with Gasteiger partial charge >= 0.3 is 56.6 Å². The Kier molecular flexibility index (Phi) is 48.9. The molecule has 0 aromatic heterocycles. The third kappa shape index (κ3) is 81.8. The Labute approximate surface area is 118 Å². The van der Waals surface area contributed by atoms with Gasteiger partial charge in [0.25, 0.3) is 0 Å². The summed E-state index contributed by atoms with van der Waals surface area (Å²) in [6.45, 7) is -0.0754. The van der Waals surface area contributed by atoms with Crippen molar-refractivity contribution in [2.45, 2.75) is 12.8 Å². The van der Waals surface area contributed by atoms with Crippen LogP contribution in [0.15, 0.2) is 0 Å². The average molecular weight is 184 g/mol. The fourth-order valence-electron chi connectivity index (χ4n) is 0.223. The number of carbonyl (C=O) groups excluding carboxylic acids is 2. The minimum absolute atomic E-state index is 0. The van der Waals surface area contributed by atoms with E-state index in [9.17, 15) is 9.90 Å². The van der Waals surface area contributed by atoms with Gasteiger partial charge in [0.1, 0.15) is 0 Å². The minimum atomic E-state index is -2.33. The number of hydrogen-bond acceptors (Lipinski definition) is 6. The molecule has 0 unspecified atom stereocenters. The van der Waals surface area contributed by atoms with E-state index in [0.29, 0.717) is 6.42 Å².